The van der Waals surface area contributed by atoms with Crippen molar-refractivity contribution in [3.63, 3.8) is 0 Å². The van der Waals surface area contributed by atoms with Gasteiger partial charge < -0.3 is 14.4 Å². The molecule has 6 aromatic rings. The van der Waals surface area contributed by atoms with E-state index in [-0.39, 0.29) is 20.1 Å². The Morgan fingerprint density at radius 3 is 2.23 bits per heavy atom. The maximum absolute atomic E-state index is 6.22. The molecule has 4 aromatic heterocycles. The Labute approximate surface area is 251 Å². The molecule has 0 saturated heterocycles. The fourth-order valence-electron chi connectivity index (χ4n) is 4.52. The molecule has 6 heteroatoms. The van der Waals surface area contributed by atoms with Crippen LogP contribution in [0.1, 0.15) is 22.4 Å². The van der Waals surface area contributed by atoms with Gasteiger partial charge in [0.1, 0.15) is 0 Å². The van der Waals surface area contributed by atoms with Gasteiger partial charge in [0.2, 0.25) is 5.71 Å². The Morgan fingerprint density at radius 2 is 1.57 bits per heavy atom. The Bertz CT molecular complexity index is 1770. The predicted molar refractivity (Wildman–Crippen MR) is 164 cm³/mol. The molecule has 4 nitrogen and oxygen atoms in total. The standard InChI is InChI=1S/C21H21N2OSi.C13H12N.Ir/c1-13-6-10-17(22-12-13)15-9-11-18(25(3,4)5)19-16-8-7-14(2)23-21(16)24-20(15)19;1-10-8-13(14-9-11(10)2)12-6-4-3-5-7-12;/h6-8,10-12H,1-5H3;3-6,8-9H,1-2H3;/q2*-1;. The van der Waals surface area contributed by atoms with Gasteiger partial charge in [-0.2, -0.15) is 0 Å². The largest absolute Gasteiger partial charge is 0.486 e. The van der Waals surface area contributed by atoms with Crippen molar-refractivity contribution in [3.8, 4) is 22.5 Å². The van der Waals surface area contributed by atoms with E-state index in [1.54, 1.807) is 0 Å². The smallest absolute Gasteiger partial charge is 0.216 e. The number of aromatic nitrogens is 3. The number of rotatable bonds is 3. The molecule has 0 spiro atoms. The topological polar surface area (TPSA) is 51.8 Å². The zero-order chi connectivity index (χ0) is 27.7. The van der Waals surface area contributed by atoms with Crippen molar-refractivity contribution < 1.29 is 24.5 Å². The van der Waals surface area contributed by atoms with Crippen LogP contribution in [0.25, 0.3) is 44.6 Å². The van der Waals surface area contributed by atoms with Crippen LogP contribution in [0, 0.1) is 39.8 Å². The molecule has 0 atom stereocenters. The molecule has 6 rings (SSSR count). The Morgan fingerprint density at radius 1 is 0.800 bits per heavy atom. The normalized spacial score (nSPS) is 11.2. The van der Waals surface area contributed by atoms with E-state index in [1.165, 1.54) is 21.7 Å². The first-order chi connectivity index (χ1) is 18.6. The summed E-state index contributed by atoms with van der Waals surface area (Å²) in [5.74, 6) is 0. The van der Waals surface area contributed by atoms with Gasteiger partial charge in [-0.05, 0) is 62.3 Å². The molecule has 2 aromatic carbocycles. The number of furan rings is 1. The van der Waals surface area contributed by atoms with Crippen molar-refractivity contribution >= 4 is 35.3 Å². The van der Waals surface area contributed by atoms with E-state index in [2.05, 4.69) is 84.8 Å². The van der Waals surface area contributed by atoms with E-state index in [0.29, 0.717) is 5.71 Å². The maximum atomic E-state index is 6.22. The third kappa shape index (κ3) is 6.15. The summed E-state index contributed by atoms with van der Waals surface area (Å²) in [4.78, 5) is 13.6. The number of aryl methyl sites for hydroxylation is 4. The Kier molecular flexibility index (Phi) is 8.84. The van der Waals surface area contributed by atoms with Crippen LogP contribution in [0.2, 0.25) is 19.6 Å². The molecule has 1 radical (unpaired) electrons. The fraction of sp³-hybridized carbons (Fsp3) is 0.206. The van der Waals surface area contributed by atoms with E-state index in [0.717, 1.165) is 44.7 Å². The number of pyridine rings is 3. The quantitative estimate of drug-likeness (QED) is 0.137. The molecule has 0 amide bonds. The van der Waals surface area contributed by atoms with Gasteiger partial charge in [0.15, 0.2) is 0 Å². The Balaban J connectivity index is 0.000000210. The monoisotopic (exact) mass is 720 g/mol. The molecule has 40 heavy (non-hydrogen) atoms. The van der Waals surface area contributed by atoms with Crippen molar-refractivity contribution in [1.82, 2.24) is 15.0 Å². The van der Waals surface area contributed by atoms with Crippen molar-refractivity contribution in [3.05, 3.63) is 108 Å². The molecule has 205 valence electrons. The molecule has 0 unspecified atom stereocenters. The zero-order valence-corrected chi connectivity index (χ0v) is 27.4. The zero-order valence-electron chi connectivity index (χ0n) is 24.0. The molecule has 0 bridgehead atoms. The molecule has 0 saturated carbocycles. The minimum atomic E-state index is -1.56. The van der Waals surface area contributed by atoms with E-state index in [9.17, 15) is 0 Å². The first-order valence-electron chi connectivity index (χ1n) is 13.2. The van der Waals surface area contributed by atoms with Crippen molar-refractivity contribution in [2.24, 2.45) is 0 Å². The van der Waals surface area contributed by atoms with Gasteiger partial charge in [0, 0.05) is 51.7 Å². The second kappa shape index (κ2) is 12.0. The molecule has 0 aliphatic rings. The minimum Gasteiger partial charge on any atom is -0.486 e. The third-order valence-electron chi connectivity index (χ3n) is 6.88. The first kappa shape index (κ1) is 29.5. The molecule has 0 aliphatic heterocycles. The van der Waals surface area contributed by atoms with Crippen LogP contribution in [0.3, 0.4) is 0 Å². The summed E-state index contributed by atoms with van der Waals surface area (Å²) in [5.41, 5.74) is 9.98. The molecule has 0 N–H and O–H groups in total. The molecule has 0 aliphatic carbocycles. The van der Waals surface area contributed by atoms with E-state index in [1.807, 2.05) is 62.6 Å². The SMILES string of the molecule is Cc1ccc(-c2[c-]cc([Si](C)(C)C)c3c2oc2nc(C)ccc23)nc1.Cc1cnc(-c2[c-]cccc2)cc1C.[Ir]. The van der Waals surface area contributed by atoms with Crippen molar-refractivity contribution in [2.45, 2.75) is 47.3 Å². The van der Waals surface area contributed by atoms with Gasteiger partial charge in [-0.3, -0.25) is 0 Å². The number of hydrogen-bond acceptors (Lipinski definition) is 4. The third-order valence-corrected chi connectivity index (χ3v) is 8.90. The number of hydrogen-bond donors (Lipinski definition) is 0. The summed E-state index contributed by atoms with van der Waals surface area (Å²) in [6.07, 6.45) is 3.79. The fourth-order valence-corrected chi connectivity index (χ4v) is 6.02. The number of nitrogens with zero attached hydrogens (tertiary/aromatic N) is 3. The molecule has 4 heterocycles. The summed E-state index contributed by atoms with van der Waals surface area (Å²) in [7, 11) is -1.56. The van der Waals surface area contributed by atoms with Crippen LogP contribution in [0.4, 0.5) is 0 Å². The maximum Gasteiger partial charge on any atom is 0.216 e. The van der Waals surface area contributed by atoms with Crippen molar-refractivity contribution in [1.29, 1.82) is 0 Å². The van der Waals surface area contributed by atoms with Gasteiger partial charge in [-0.15, -0.1) is 53.2 Å². The predicted octanol–water partition coefficient (Wildman–Crippen LogP) is 8.17. The second-order valence-corrected chi connectivity index (χ2v) is 16.1. The number of fused-ring (bicyclic) bond motifs is 3. The van der Waals surface area contributed by atoms with E-state index in [4.69, 9.17) is 4.42 Å². The molecular formula is C34H33IrN3OSi-2. The van der Waals surface area contributed by atoms with Gasteiger partial charge in [-0.25, -0.2) is 4.98 Å². The second-order valence-electron chi connectivity index (χ2n) is 11.1. The van der Waals surface area contributed by atoms with Gasteiger partial charge in [-0.1, -0.05) is 54.4 Å². The summed E-state index contributed by atoms with van der Waals surface area (Å²) in [6, 6.07) is 27.0. The van der Waals surface area contributed by atoms with Crippen LogP contribution >= 0.6 is 0 Å². The van der Waals surface area contributed by atoms with Crippen LogP contribution < -0.4 is 5.19 Å². The van der Waals surface area contributed by atoms with Crippen LogP contribution in [-0.2, 0) is 20.1 Å². The number of benzene rings is 2. The molecule has 0 fully saturated rings. The van der Waals surface area contributed by atoms with Gasteiger partial charge in [0.05, 0.1) is 5.58 Å². The minimum absolute atomic E-state index is 0. The summed E-state index contributed by atoms with van der Waals surface area (Å²) >= 11 is 0. The average Bonchev–Trinajstić information content (AvgIpc) is 3.29. The summed E-state index contributed by atoms with van der Waals surface area (Å²) in [5, 5.41) is 3.61. The van der Waals surface area contributed by atoms with Crippen LogP contribution in [0.15, 0.2) is 77.5 Å². The van der Waals surface area contributed by atoms with E-state index < -0.39 is 8.07 Å². The van der Waals surface area contributed by atoms with Gasteiger partial charge in [0.25, 0.3) is 0 Å². The van der Waals surface area contributed by atoms with Crippen LogP contribution in [0.5, 0.6) is 0 Å². The van der Waals surface area contributed by atoms with Gasteiger partial charge >= 0.3 is 0 Å². The van der Waals surface area contributed by atoms with Crippen molar-refractivity contribution in [2.75, 3.05) is 0 Å². The first-order valence-corrected chi connectivity index (χ1v) is 16.7. The van der Waals surface area contributed by atoms with Crippen LogP contribution in [-0.4, -0.2) is 23.0 Å². The Hall–Kier alpha value is -3.44. The summed E-state index contributed by atoms with van der Waals surface area (Å²) < 4.78 is 6.22. The average molecular weight is 720 g/mol. The summed E-state index contributed by atoms with van der Waals surface area (Å²) in [6.45, 7) is 15.2. The molecular weight excluding hydrogens is 687 g/mol. The van der Waals surface area contributed by atoms with E-state index >= 15 is 0 Å².